The molecule has 2 aliphatic rings. The highest BCUT2D eigenvalue weighted by atomic mass is 35.5. The van der Waals surface area contributed by atoms with E-state index in [1.807, 2.05) is 24.4 Å². The predicted molar refractivity (Wildman–Crippen MR) is 111 cm³/mol. The Morgan fingerprint density at radius 2 is 2.07 bits per heavy atom. The minimum absolute atomic E-state index is 0.205. The van der Waals surface area contributed by atoms with E-state index in [1.54, 1.807) is 6.20 Å². The lowest BCUT2D eigenvalue weighted by molar-refractivity contribution is -0.130. The van der Waals surface area contributed by atoms with E-state index in [0.717, 1.165) is 60.4 Å². The third kappa shape index (κ3) is 4.08. The number of nitrogens with zero attached hydrogens (tertiary/aromatic N) is 2. The summed E-state index contributed by atoms with van der Waals surface area (Å²) < 4.78 is 0. The summed E-state index contributed by atoms with van der Waals surface area (Å²) in [6, 6.07) is 10.5. The van der Waals surface area contributed by atoms with Crippen molar-refractivity contribution in [3.05, 3.63) is 53.3 Å². The third-order valence-electron chi connectivity index (χ3n) is 6.43. The van der Waals surface area contributed by atoms with Crippen LogP contribution in [0.4, 0.5) is 0 Å². The average molecular weight is 399 g/mol. The molecule has 5 heteroatoms. The van der Waals surface area contributed by atoms with Crippen molar-refractivity contribution in [2.24, 2.45) is 11.8 Å². The van der Waals surface area contributed by atoms with Gasteiger partial charge in [0.1, 0.15) is 0 Å². The maximum absolute atomic E-state index is 12.2. The average Bonchev–Trinajstić information content (AvgIpc) is 3.16. The zero-order valence-corrected chi connectivity index (χ0v) is 16.8. The fourth-order valence-electron chi connectivity index (χ4n) is 4.84. The maximum atomic E-state index is 12.2. The fourth-order valence-corrected chi connectivity index (χ4v) is 5.10. The molecule has 0 radical (unpaired) electrons. The number of aliphatic hydroxyl groups is 1. The second-order valence-electron chi connectivity index (χ2n) is 8.11. The summed E-state index contributed by atoms with van der Waals surface area (Å²) in [7, 11) is 0. The molecule has 3 atom stereocenters. The van der Waals surface area contributed by atoms with Crippen LogP contribution in [0.2, 0.25) is 5.02 Å². The number of aliphatic hydroxyl groups excluding tert-OH is 1. The van der Waals surface area contributed by atoms with Crippen LogP contribution in [0.1, 0.15) is 37.7 Å². The highest BCUT2D eigenvalue weighted by Crippen LogP contribution is 2.37. The van der Waals surface area contributed by atoms with E-state index >= 15 is 0 Å². The minimum Gasteiger partial charge on any atom is -0.396 e. The predicted octanol–water partition coefficient (Wildman–Crippen LogP) is 4.34. The van der Waals surface area contributed by atoms with Gasteiger partial charge in [0.05, 0.1) is 0 Å². The van der Waals surface area contributed by atoms with Crippen LogP contribution in [0.25, 0.3) is 11.1 Å². The van der Waals surface area contributed by atoms with Crippen LogP contribution in [0.15, 0.2) is 42.7 Å². The summed E-state index contributed by atoms with van der Waals surface area (Å²) in [6.07, 6.45) is 9.04. The largest absolute Gasteiger partial charge is 0.396 e. The van der Waals surface area contributed by atoms with Gasteiger partial charge in [-0.15, -0.1) is 0 Å². The number of amides is 1. The molecule has 148 valence electrons. The van der Waals surface area contributed by atoms with Crippen LogP contribution in [0.5, 0.6) is 0 Å². The van der Waals surface area contributed by atoms with Crippen LogP contribution in [0, 0.1) is 11.8 Å². The number of carbonyl (C=O) groups is 1. The second-order valence-corrected chi connectivity index (χ2v) is 8.52. The Morgan fingerprint density at radius 1 is 1.18 bits per heavy atom. The summed E-state index contributed by atoms with van der Waals surface area (Å²) in [4.78, 5) is 18.4. The molecular weight excluding hydrogens is 372 g/mol. The molecule has 1 saturated heterocycles. The number of likely N-dealkylation sites (tertiary alicyclic amines) is 1. The number of hydrogen-bond donors (Lipinski definition) is 1. The lowest BCUT2D eigenvalue weighted by atomic mass is 9.74. The number of benzene rings is 1. The van der Waals surface area contributed by atoms with Crippen molar-refractivity contribution in [2.45, 2.75) is 44.6 Å². The van der Waals surface area contributed by atoms with E-state index in [0.29, 0.717) is 24.3 Å². The summed E-state index contributed by atoms with van der Waals surface area (Å²) in [6.45, 7) is 1.09. The van der Waals surface area contributed by atoms with E-state index < -0.39 is 0 Å². The summed E-state index contributed by atoms with van der Waals surface area (Å²) in [5.74, 6) is 0.923. The lowest BCUT2D eigenvalue weighted by Gasteiger charge is -2.39. The fraction of sp³-hybridized carbons (Fsp3) is 0.478. The van der Waals surface area contributed by atoms with Gasteiger partial charge in [0.2, 0.25) is 5.91 Å². The quantitative estimate of drug-likeness (QED) is 0.814. The van der Waals surface area contributed by atoms with Crippen molar-refractivity contribution in [2.75, 3.05) is 13.2 Å². The van der Waals surface area contributed by atoms with Crippen molar-refractivity contribution < 1.29 is 9.90 Å². The highest BCUT2D eigenvalue weighted by molar-refractivity contribution is 6.31. The molecule has 1 aliphatic carbocycles. The number of aromatic nitrogens is 1. The first-order valence-electron chi connectivity index (χ1n) is 10.2. The standard InChI is InChI=1S/C23H27ClN2O2/c24-22-13-16(18-3-1-9-25-14-18)5-6-17(22)11-20-12-21(8-7-19(20)15-27)26-10-2-4-23(26)28/h1,3,5-6,9,13-14,19-21,27H,2,4,7-8,10-12,15H2. The number of halogens is 1. The topological polar surface area (TPSA) is 53.4 Å². The van der Waals surface area contributed by atoms with Gasteiger partial charge in [-0.25, -0.2) is 0 Å². The number of hydrogen-bond acceptors (Lipinski definition) is 3. The van der Waals surface area contributed by atoms with Gasteiger partial charge in [0, 0.05) is 48.6 Å². The smallest absolute Gasteiger partial charge is 0.222 e. The molecule has 1 aromatic carbocycles. The van der Waals surface area contributed by atoms with Gasteiger partial charge in [0.15, 0.2) is 0 Å². The zero-order chi connectivity index (χ0) is 19.5. The van der Waals surface area contributed by atoms with Crippen LogP contribution in [-0.2, 0) is 11.2 Å². The van der Waals surface area contributed by atoms with E-state index in [9.17, 15) is 9.90 Å². The maximum Gasteiger partial charge on any atom is 0.222 e. The normalized spacial score (nSPS) is 25.3. The molecule has 1 aromatic heterocycles. The van der Waals surface area contributed by atoms with Crippen molar-refractivity contribution in [1.82, 2.24) is 9.88 Å². The molecule has 4 rings (SSSR count). The van der Waals surface area contributed by atoms with E-state index in [4.69, 9.17) is 11.6 Å². The summed E-state index contributed by atoms with van der Waals surface area (Å²) >= 11 is 6.63. The minimum atomic E-state index is 0.205. The SMILES string of the molecule is O=C1CCCN1C1CCC(CO)C(Cc2ccc(-c3cccnc3)cc2Cl)C1. The molecule has 28 heavy (non-hydrogen) atoms. The Kier molecular flexibility index (Phi) is 5.98. The van der Waals surface area contributed by atoms with Gasteiger partial charge in [-0.2, -0.15) is 0 Å². The monoisotopic (exact) mass is 398 g/mol. The molecule has 2 heterocycles. The van der Waals surface area contributed by atoms with Gasteiger partial charge in [-0.05, 0) is 67.2 Å². The molecule has 0 spiro atoms. The Labute approximate surface area is 171 Å². The van der Waals surface area contributed by atoms with Crippen molar-refractivity contribution in [3.63, 3.8) is 0 Å². The first-order valence-corrected chi connectivity index (χ1v) is 10.6. The van der Waals surface area contributed by atoms with Crippen LogP contribution in [0.3, 0.4) is 0 Å². The first kappa shape index (κ1) is 19.4. The van der Waals surface area contributed by atoms with E-state index in [1.165, 1.54) is 0 Å². The van der Waals surface area contributed by atoms with Crippen molar-refractivity contribution >= 4 is 17.5 Å². The van der Waals surface area contributed by atoms with E-state index in [-0.39, 0.29) is 12.5 Å². The van der Waals surface area contributed by atoms with Gasteiger partial charge in [0.25, 0.3) is 0 Å². The van der Waals surface area contributed by atoms with Crippen LogP contribution < -0.4 is 0 Å². The number of pyridine rings is 1. The molecule has 1 amide bonds. The molecule has 1 saturated carbocycles. The van der Waals surface area contributed by atoms with Crippen molar-refractivity contribution in [3.8, 4) is 11.1 Å². The molecule has 3 unspecified atom stereocenters. The summed E-state index contributed by atoms with van der Waals surface area (Å²) in [5, 5.41) is 10.6. The summed E-state index contributed by atoms with van der Waals surface area (Å²) in [5.41, 5.74) is 3.23. The van der Waals surface area contributed by atoms with Gasteiger partial charge < -0.3 is 10.0 Å². The third-order valence-corrected chi connectivity index (χ3v) is 6.78. The van der Waals surface area contributed by atoms with Crippen LogP contribution >= 0.6 is 11.6 Å². The zero-order valence-electron chi connectivity index (χ0n) is 16.1. The number of carbonyl (C=O) groups excluding carboxylic acids is 1. The first-order chi connectivity index (χ1) is 13.7. The lowest BCUT2D eigenvalue weighted by Crippen LogP contribution is -2.43. The Morgan fingerprint density at radius 3 is 2.75 bits per heavy atom. The Bertz CT molecular complexity index is 827. The molecule has 4 nitrogen and oxygen atoms in total. The Balaban J connectivity index is 1.50. The van der Waals surface area contributed by atoms with Crippen LogP contribution in [-0.4, -0.2) is 40.1 Å². The molecule has 2 aromatic rings. The molecule has 0 bridgehead atoms. The highest BCUT2D eigenvalue weighted by Gasteiger charge is 2.36. The molecule has 1 N–H and O–H groups in total. The Hall–Kier alpha value is -1.91. The van der Waals surface area contributed by atoms with Gasteiger partial charge in [-0.3, -0.25) is 9.78 Å². The van der Waals surface area contributed by atoms with E-state index in [2.05, 4.69) is 22.0 Å². The second kappa shape index (κ2) is 8.62. The van der Waals surface area contributed by atoms with Gasteiger partial charge in [-0.1, -0.05) is 29.8 Å². The number of rotatable bonds is 5. The van der Waals surface area contributed by atoms with Gasteiger partial charge >= 0.3 is 0 Å². The molecular formula is C23H27ClN2O2. The molecule has 2 fully saturated rings. The molecule has 1 aliphatic heterocycles. The van der Waals surface area contributed by atoms with Crippen molar-refractivity contribution in [1.29, 1.82) is 0 Å².